The lowest BCUT2D eigenvalue weighted by atomic mass is 9.98. The minimum Gasteiger partial charge on any atom is -0.330 e. The van der Waals surface area contributed by atoms with Gasteiger partial charge in [0.2, 0.25) is 0 Å². The van der Waals surface area contributed by atoms with Crippen LogP contribution in [0, 0.1) is 19.8 Å². The topological polar surface area (TPSA) is 26.0 Å². The van der Waals surface area contributed by atoms with E-state index in [9.17, 15) is 0 Å². The van der Waals surface area contributed by atoms with Gasteiger partial charge in [0.25, 0.3) is 0 Å². The molecule has 0 saturated carbocycles. The highest BCUT2D eigenvalue weighted by atomic mass is 14.5. The summed E-state index contributed by atoms with van der Waals surface area (Å²) in [7, 11) is 0. The summed E-state index contributed by atoms with van der Waals surface area (Å²) in [5.41, 5.74) is 9.70. The Balaban J connectivity index is 2.77. The van der Waals surface area contributed by atoms with Gasteiger partial charge in [-0.1, -0.05) is 36.2 Å². The molecule has 0 radical (unpaired) electrons. The van der Waals surface area contributed by atoms with Gasteiger partial charge in [0.1, 0.15) is 0 Å². The lowest BCUT2D eigenvalue weighted by Crippen LogP contribution is -2.13. The second kappa shape index (κ2) is 4.43. The quantitative estimate of drug-likeness (QED) is 0.754. The van der Waals surface area contributed by atoms with Gasteiger partial charge in [-0.15, -0.1) is 0 Å². The van der Waals surface area contributed by atoms with Gasteiger partial charge in [0.15, 0.2) is 0 Å². The molecule has 0 aliphatic carbocycles. The zero-order valence-corrected chi connectivity index (χ0v) is 8.80. The molecule has 0 aliphatic heterocycles. The van der Waals surface area contributed by atoms with Crippen LogP contribution in [-0.4, -0.2) is 6.54 Å². The summed E-state index contributed by atoms with van der Waals surface area (Å²) >= 11 is 0. The number of benzene rings is 1. The van der Waals surface area contributed by atoms with Crippen molar-refractivity contribution in [3.8, 4) is 0 Å². The van der Waals surface area contributed by atoms with E-state index in [0.717, 1.165) is 13.0 Å². The fourth-order valence-electron chi connectivity index (χ4n) is 1.67. The van der Waals surface area contributed by atoms with Crippen LogP contribution in [0.2, 0.25) is 0 Å². The molecule has 0 fully saturated rings. The van der Waals surface area contributed by atoms with Crippen molar-refractivity contribution in [2.24, 2.45) is 11.7 Å². The lowest BCUT2D eigenvalue weighted by Gasteiger charge is -2.09. The highest BCUT2D eigenvalue weighted by Gasteiger charge is 2.01. The summed E-state index contributed by atoms with van der Waals surface area (Å²) in [6.45, 7) is 7.25. The summed E-state index contributed by atoms with van der Waals surface area (Å²) in [4.78, 5) is 0. The fourth-order valence-corrected chi connectivity index (χ4v) is 1.67. The number of rotatable bonds is 3. The van der Waals surface area contributed by atoms with Crippen molar-refractivity contribution < 1.29 is 0 Å². The van der Waals surface area contributed by atoms with Crippen molar-refractivity contribution in [2.45, 2.75) is 27.2 Å². The first-order valence-corrected chi connectivity index (χ1v) is 4.89. The van der Waals surface area contributed by atoms with Gasteiger partial charge in [-0.3, -0.25) is 0 Å². The molecule has 1 heteroatoms. The highest BCUT2D eigenvalue weighted by molar-refractivity contribution is 5.28. The van der Waals surface area contributed by atoms with Crippen molar-refractivity contribution in [2.75, 3.05) is 6.54 Å². The van der Waals surface area contributed by atoms with Crippen LogP contribution in [0.3, 0.4) is 0 Å². The van der Waals surface area contributed by atoms with Crippen molar-refractivity contribution in [3.63, 3.8) is 0 Å². The van der Waals surface area contributed by atoms with E-state index < -0.39 is 0 Å². The van der Waals surface area contributed by atoms with E-state index in [4.69, 9.17) is 5.73 Å². The molecule has 0 heterocycles. The smallest absolute Gasteiger partial charge is 0.00483 e. The first-order valence-electron chi connectivity index (χ1n) is 4.89. The maximum Gasteiger partial charge on any atom is -0.00483 e. The lowest BCUT2D eigenvalue weighted by molar-refractivity contribution is 0.592. The van der Waals surface area contributed by atoms with Crippen LogP contribution in [-0.2, 0) is 6.42 Å². The Morgan fingerprint density at radius 3 is 2.15 bits per heavy atom. The monoisotopic (exact) mass is 177 g/mol. The molecule has 72 valence electrons. The van der Waals surface area contributed by atoms with Gasteiger partial charge >= 0.3 is 0 Å². The molecular weight excluding hydrogens is 158 g/mol. The van der Waals surface area contributed by atoms with E-state index in [-0.39, 0.29) is 0 Å². The number of nitrogens with two attached hydrogens (primary N) is 1. The van der Waals surface area contributed by atoms with E-state index in [1.165, 1.54) is 16.7 Å². The van der Waals surface area contributed by atoms with Crippen LogP contribution in [0.5, 0.6) is 0 Å². The van der Waals surface area contributed by atoms with Gasteiger partial charge < -0.3 is 5.73 Å². The predicted molar refractivity (Wildman–Crippen MR) is 57.8 cm³/mol. The van der Waals surface area contributed by atoms with Crippen molar-refractivity contribution >= 4 is 0 Å². The molecule has 0 amide bonds. The maximum atomic E-state index is 5.60. The SMILES string of the molecule is Cc1cc(C)cc(C[C@H](C)CN)c1. The Morgan fingerprint density at radius 2 is 1.69 bits per heavy atom. The van der Waals surface area contributed by atoms with Crippen molar-refractivity contribution in [1.82, 2.24) is 0 Å². The molecule has 0 aliphatic rings. The molecule has 0 bridgehead atoms. The molecule has 0 saturated heterocycles. The van der Waals surface area contributed by atoms with E-state index >= 15 is 0 Å². The Kier molecular flexibility index (Phi) is 3.49. The Hall–Kier alpha value is -0.820. The van der Waals surface area contributed by atoms with Crippen LogP contribution >= 0.6 is 0 Å². The first kappa shape index (κ1) is 10.3. The third kappa shape index (κ3) is 3.19. The highest BCUT2D eigenvalue weighted by Crippen LogP contribution is 2.12. The molecule has 0 aromatic heterocycles. The average molecular weight is 177 g/mol. The van der Waals surface area contributed by atoms with Crippen LogP contribution in [0.1, 0.15) is 23.6 Å². The van der Waals surface area contributed by atoms with Gasteiger partial charge in [0.05, 0.1) is 0 Å². The number of hydrogen-bond donors (Lipinski definition) is 1. The molecule has 13 heavy (non-hydrogen) atoms. The van der Waals surface area contributed by atoms with Crippen LogP contribution in [0.4, 0.5) is 0 Å². The molecule has 1 rings (SSSR count). The second-order valence-corrected chi connectivity index (χ2v) is 4.04. The summed E-state index contributed by atoms with van der Waals surface area (Å²) in [6.07, 6.45) is 1.10. The molecule has 1 aromatic rings. The molecule has 1 nitrogen and oxygen atoms in total. The summed E-state index contributed by atoms with van der Waals surface area (Å²) in [6, 6.07) is 6.70. The van der Waals surface area contributed by atoms with E-state index in [2.05, 4.69) is 39.0 Å². The standard InChI is InChI=1S/C12H19N/c1-9-4-10(2)6-12(5-9)7-11(3)8-13/h4-6,11H,7-8,13H2,1-3H3/t11-/m0/s1. The normalized spacial score (nSPS) is 12.9. The third-order valence-corrected chi connectivity index (χ3v) is 2.27. The fraction of sp³-hybridized carbons (Fsp3) is 0.500. The van der Waals surface area contributed by atoms with E-state index in [0.29, 0.717) is 5.92 Å². The first-order chi connectivity index (χ1) is 6.11. The largest absolute Gasteiger partial charge is 0.330 e. The summed E-state index contributed by atoms with van der Waals surface area (Å²) in [5.74, 6) is 0.584. The predicted octanol–water partition coefficient (Wildman–Crippen LogP) is 2.44. The van der Waals surface area contributed by atoms with Gasteiger partial charge in [-0.25, -0.2) is 0 Å². The summed E-state index contributed by atoms with van der Waals surface area (Å²) < 4.78 is 0. The van der Waals surface area contributed by atoms with Crippen molar-refractivity contribution in [1.29, 1.82) is 0 Å². The molecular formula is C12H19N. The van der Waals surface area contributed by atoms with E-state index in [1.54, 1.807) is 0 Å². The Morgan fingerprint density at radius 1 is 1.15 bits per heavy atom. The Bertz CT molecular complexity index is 258. The zero-order chi connectivity index (χ0) is 9.84. The van der Waals surface area contributed by atoms with Gasteiger partial charge in [-0.05, 0) is 38.3 Å². The third-order valence-electron chi connectivity index (χ3n) is 2.27. The van der Waals surface area contributed by atoms with Gasteiger partial charge in [-0.2, -0.15) is 0 Å². The van der Waals surface area contributed by atoms with Crippen LogP contribution < -0.4 is 5.73 Å². The molecule has 1 aromatic carbocycles. The Labute approximate surface area is 81.0 Å². The summed E-state index contributed by atoms with van der Waals surface area (Å²) in [5, 5.41) is 0. The molecule has 0 spiro atoms. The van der Waals surface area contributed by atoms with Crippen LogP contribution in [0.15, 0.2) is 18.2 Å². The molecule has 0 unspecified atom stereocenters. The average Bonchev–Trinajstić information content (AvgIpc) is 2.02. The second-order valence-electron chi connectivity index (χ2n) is 4.04. The van der Waals surface area contributed by atoms with Crippen molar-refractivity contribution in [3.05, 3.63) is 34.9 Å². The van der Waals surface area contributed by atoms with Crippen LogP contribution in [0.25, 0.3) is 0 Å². The zero-order valence-electron chi connectivity index (χ0n) is 8.80. The van der Waals surface area contributed by atoms with Gasteiger partial charge in [0, 0.05) is 0 Å². The molecule has 2 N–H and O–H groups in total. The minimum atomic E-state index is 0.584. The maximum absolute atomic E-state index is 5.60. The molecule has 1 atom stereocenters. The number of hydrogen-bond acceptors (Lipinski definition) is 1. The number of aryl methyl sites for hydroxylation is 2. The minimum absolute atomic E-state index is 0.584. The van der Waals surface area contributed by atoms with E-state index in [1.807, 2.05) is 0 Å².